The highest BCUT2D eigenvalue weighted by Gasteiger charge is 2.37. The van der Waals surface area contributed by atoms with Crippen LogP contribution in [-0.4, -0.2) is 35.3 Å². The molecule has 1 N–H and O–H groups in total. The summed E-state index contributed by atoms with van der Waals surface area (Å²) in [5.74, 6) is 0.159. The fraction of sp³-hybridized carbons (Fsp3) is 0.833. The number of hydrogen-bond donors (Lipinski definition) is 1. The minimum atomic E-state index is -0.245. The molecule has 1 aliphatic carbocycles. The zero-order valence-electron chi connectivity index (χ0n) is 9.87. The van der Waals surface area contributed by atoms with Gasteiger partial charge in [0.15, 0.2) is 0 Å². The molecule has 2 amide bonds. The van der Waals surface area contributed by atoms with Crippen LogP contribution in [0.5, 0.6) is 0 Å². The standard InChI is InChI=1S/C12H20N2O2/c1-2-3-8-14(9-4-5-9)12(16)10-6-7-11(15)13-10/h9-10H,2-8H2,1H3,(H,13,15)/t10-/m1/s1. The van der Waals surface area contributed by atoms with Crippen LogP contribution in [0.4, 0.5) is 0 Å². The van der Waals surface area contributed by atoms with E-state index in [2.05, 4.69) is 12.2 Å². The van der Waals surface area contributed by atoms with E-state index in [9.17, 15) is 9.59 Å². The van der Waals surface area contributed by atoms with Crippen molar-refractivity contribution in [1.82, 2.24) is 10.2 Å². The maximum Gasteiger partial charge on any atom is 0.245 e. The van der Waals surface area contributed by atoms with Crippen LogP contribution in [0.2, 0.25) is 0 Å². The average molecular weight is 224 g/mol. The number of carbonyl (C=O) groups excluding carboxylic acids is 2. The van der Waals surface area contributed by atoms with Crippen molar-refractivity contribution in [3.8, 4) is 0 Å². The smallest absolute Gasteiger partial charge is 0.245 e. The van der Waals surface area contributed by atoms with Crippen LogP contribution < -0.4 is 5.32 Å². The number of nitrogens with one attached hydrogen (secondary N) is 1. The molecule has 4 nitrogen and oxygen atoms in total. The van der Waals surface area contributed by atoms with Gasteiger partial charge in [0.1, 0.15) is 6.04 Å². The Morgan fingerprint density at radius 1 is 1.44 bits per heavy atom. The Kier molecular flexibility index (Phi) is 3.46. The summed E-state index contributed by atoms with van der Waals surface area (Å²) < 4.78 is 0. The van der Waals surface area contributed by atoms with Gasteiger partial charge in [-0.2, -0.15) is 0 Å². The highest BCUT2D eigenvalue weighted by Crippen LogP contribution is 2.28. The molecule has 1 atom stereocenters. The molecule has 1 aliphatic heterocycles. The van der Waals surface area contributed by atoms with Crippen molar-refractivity contribution >= 4 is 11.8 Å². The molecule has 0 aromatic heterocycles. The van der Waals surface area contributed by atoms with Crippen molar-refractivity contribution in [3.63, 3.8) is 0 Å². The summed E-state index contributed by atoms with van der Waals surface area (Å²) in [6, 6.07) is 0.210. The summed E-state index contributed by atoms with van der Waals surface area (Å²) in [5, 5.41) is 2.76. The Balaban J connectivity index is 1.91. The summed E-state index contributed by atoms with van der Waals surface area (Å²) in [5.41, 5.74) is 0. The predicted octanol–water partition coefficient (Wildman–Crippen LogP) is 1.06. The second-order valence-corrected chi connectivity index (χ2v) is 4.78. The molecule has 4 heteroatoms. The number of amides is 2. The molecule has 0 aromatic carbocycles. The van der Waals surface area contributed by atoms with E-state index < -0.39 is 0 Å². The second-order valence-electron chi connectivity index (χ2n) is 4.78. The molecule has 0 aromatic rings. The first kappa shape index (κ1) is 11.4. The van der Waals surface area contributed by atoms with Gasteiger partial charge < -0.3 is 10.2 Å². The molecular formula is C12H20N2O2. The van der Waals surface area contributed by atoms with E-state index in [1.54, 1.807) is 0 Å². The fourth-order valence-corrected chi connectivity index (χ4v) is 2.19. The molecule has 0 spiro atoms. The molecule has 2 aliphatic rings. The minimum Gasteiger partial charge on any atom is -0.344 e. The number of hydrogen-bond acceptors (Lipinski definition) is 2. The quantitative estimate of drug-likeness (QED) is 0.759. The van der Waals surface area contributed by atoms with Crippen molar-refractivity contribution < 1.29 is 9.59 Å². The summed E-state index contributed by atoms with van der Waals surface area (Å²) >= 11 is 0. The monoisotopic (exact) mass is 224 g/mol. The first-order valence-electron chi connectivity index (χ1n) is 6.32. The van der Waals surface area contributed by atoms with Crippen LogP contribution in [0, 0.1) is 0 Å². The van der Waals surface area contributed by atoms with E-state index in [1.807, 2.05) is 4.90 Å². The maximum atomic E-state index is 12.2. The lowest BCUT2D eigenvalue weighted by molar-refractivity contribution is -0.135. The van der Waals surface area contributed by atoms with Gasteiger partial charge in [-0.25, -0.2) is 0 Å². The normalized spacial score (nSPS) is 24.3. The van der Waals surface area contributed by atoms with Gasteiger partial charge in [-0.05, 0) is 25.7 Å². The summed E-state index contributed by atoms with van der Waals surface area (Å²) in [7, 11) is 0. The van der Waals surface area contributed by atoms with Gasteiger partial charge in [-0.3, -0.25) is 9.59 Å². The average Bonchev–Trinajstić information content (AvgIpc) is 3.01. The Bertz CT molecular complexity index is 287. The van der Waals surface area contributed by atoms with Crippen molar-refractivity contribution in [2.75, 3.05) is 6.54 Å². The van der Waals surface area contributed by atoms with E-state index in [0.717, 1.165) is 32.2 Å². The van der Waals surface area contributed by atoms with E-state index in [4.69, 9.17) is 0 Å². The molecule has 1 heterocycles. The summed E-state index contributed by atoms with van der Waals surface area (Å²) in [6.07, 6.45) is 5.61. The van der Waals surface area contributed by atoms with Crippen LogP contribution in [-0.2, 0) is 9.59 Å². The minimum absolute atomic E-state index is 0.0181. The molecular weight excluding hydrogens is 204 g/mol. The SMILES string of the molecule is CCCCN(C(=O)[C@H]1CCC(=O)N1)C1CC1. The first-order chi connectivity index (χ1) is 7.72. The van der Waals surface area contributed by atoms with Gasteiger partial charge in [0, 0.05) is 19.0 Å². The lowest BCUT2D eigenvalue weighted by atomic mass is 10.2. The van der Waals surface area contributed by atoms with Crippen molar-refractivity contribution in [2.45, 2.75) is 57.5 Å². The molecule has 2 fully saturated rings. The molecule has 2 rings (SSSR count). The van der Waals surface area contributed by atoms with Crippen LogP contribution in [0.3, 0.4) is 0 Å². The molecule has 0 radical (unpaired) electrons. The van der Waals surface area contributed by atoms with Gasteiger partial charge in [-0.1, -0.05) is 13.3 Å². The predicted molar refractivity (Wildman–Crippen MR) is 60.8 cm³/mol. The van der Waals surface area contributed by atoms with E-state index in [0.29, 0.717) is 18.9 Å². The topological polar surface area (TPSA) is 49.4 Å². The molecule has 1 saturated carbocycles. The second kappa shape index (κ2) is 4.85. The molecule has 0 bridgehead atoms. The lowest BCUT2D eigenvalue weighted by Crippen LogP contribution is -2.45. The molecule has 1 saturated heterocycles. The Morgan fingerprint density at radius 3 is 2.69 bits per heavy atom. The number of carbonyl (C=O) groups is 2. The van der Waals surface area contributed by atoms with Crippen molar-refractivity contribution in [3.05, 3.63) is 0 Å². The van der Waals surface area contributed by atoms with Gasteiger partial charge in [-0.15, -0.1) is 0 Å². The van der Waals surface area contributed by atoms with Gasteiger partial charge in [0.2, 0.25) is 11.8 Å². The molecule has 16 heavy (non-hydrogen) atoms. The largest absolute Gasteiger partial charge is 0.344 e. The third-order valence-electron chi connectivity index (χ3n) is 3.32. The highest BCUT2D eigenvalue weighted by atomic mass is 16.2. The molecule has 0 unspecified atom stereocenters. The van der Waals surface area contributed by atoms with E-state index >= 15 is 0 Å². The Hall–Kier alpha value is -1.06. The lowest BCUT2D eigenvalue weighted by Gasteiger charge is -2.25. The number of nitrogens with zero attached hydrogens (tertiary/aromatic N) is 1. The fourth-order valence-electron chi connectivity index (χ4n) is 2.19. The van der Waals surface area contributed by atoms with Crippen LogP contribution >= 0.6 is 0 Å². The third kappa shape index (κ3) is 2.54. The van der Waals surface area contributed by atoms with E-state index in [1.165, 1.54) is 0 Å². The van der Waals surface area contributed by atoms with Crippen LogP contribution in [0.25, 0.3) is 0 Å². The zero-order chi connectivity index (χ0) is 11.5. The Morgan fingerprint density at radius 2 is 2.19 bits per heavy atom. The highest BCUT2D eigenvalue weighted by molar-refractivity contribution is 5.91. The first-order valence-corrected chi connectivity index (χ1v) is 6.32. The van der Waals surface area contributed by atoms with Crippen molar-refractivity contribution in [2.24, 2.45) is 0 Å². The molecule has 90 valence electrons. The maximum absolute atomic E-state index is 12.2. The summed E-state index contributed by atoms with van der Waals surface area (Å²) in [6.45, 7) is 2.99. The number of unbranched alkanes of at least 4 members (excludes halogenated alkanes) is 1. The van der Waals surface area contributed by atoms with Crippen LogP contribution in [0.1, 0.15) is 45.4 Å². The van der Waals surface area contributed by atoms with Crippen molar-refractivity contribution in [1.29, 1.82) is 0 Å². The van der Waals surface area contributed by atoms with Gasteiger partial charge in [0.25, 0.3) is 0 Å². The van der Waals surface area contributed by atoms with E-state index in [-0.39, 0.29) is 17.9 Å². The van der Waals surface area contributed by atoms with Crippen LogP contribution in [0.15, 0.2) is 0 Å². The van der Waals surface area contributed by atoms with Gasteiger partial charge >= 0.3 is 0 Å². The summed E-state index contributed by atoms with van der Waals surface area (Å²) in [4.78, 5) is 25.3. The third-order valence-corrected chi connectivity index (χ3v) is 3.32. The zero-order valence-corrected chi connectivity index (χ0v) is 9.87. The van der Waals surface area contributed by atoms with Gasteiger partial charge in [0.05, 0.1) is 0 Å². The Labute approximate surface area is 96.4 Å². The number of rotatable bonds is 5.